The molecule has 3 N–H and O–H groups in total. The molecule has 0 spiro atoms. The van der Waals surface area contributed by atoms with E-state index in [1.807, 2.05) is 23.6 Å². The maximum Gasteiger partial charge on any atom is 0.320 e. The summed E-state index contributed by atoms with van der Waals surface area (Å²) in [5.74, 6) is 0.926. The van der Waals surface area contributed by atoms with Crippen LogP contribution >= 0.6 is 0 Å². The standard InChI is InChI=1S/C15H29N5O/c1-12-4-6-18(7-5-12)14(21)19-8-10-20(11-9-19)15(2,3)13(16)17/h12H,4-11H2,1-3H3,(H3,16,17). The van der Waals surface area contributed by atoms with Crippen molar-refractivity contribution in [3.05, 3.63) is 0 Å². The molecule has 2 heterocycles. The van der Waals surface area contributed by atoms with Gasteiger partial charge < -0.3 is 15.5 Å². The number of nitrogens with zero attached hydrogens (tertiary/aromatic N) is 3. The summed E-state index contributed by atoms with van der Waals surface area (Å²) >= 11 is 0. The Hall–Kier alpha value is -1.30. The van der Waals surface area contributed by atoms with Gasteiger partial charge >= 0.3 is 6.03 Å². The highest BCUT2D eigenvalue weighted by Gasteiger charge is 2.34. The molecule has 2 fully saturated rings. The van der Waals surface area contributed by atoms with Gasteiger partial charge in [0.15, 0.2) is 0 Å². The molecule has 2 aliphatic heterocycles. The molecule has 0 saturated carbocycles. The molecule has 0 bridgehead atoms. The van der Waals surface area contributed by atoms with Gasteiger partial charge in [-0.2, -0.15) is 0 Å². The smallest absolute Gasteiger partial charge is 0.320 e. The van der Waals surface area contributed by atoms with Crippen LogP contribution in [-0.2, 0) is 0 Å². The molecule has 0 radical (unpaired) electrons. The summed E-state index contributed by atoms with van der Waals surface area (Å²) in [4.78, 5) is 18.6. The molecule has 21 heavy (non-hydrogen) atoms. The van der Waals surface area contributed by atoms with E-state index in [4.69, 9.17) is 11.1 Å². The van der Waals surface area contributed by atoms with E-state index in [0.717, 1.165) is 58.0 Å². The lowest BCUT2D eigenvalue weighted by atomic mass is 9.99. The molecule has 0 aromatic carbocycles. The summed E-state index contributed by atoms with van der Waals surface area (Å²) in [6.45, 7) is 11.0. The fourth-order valence-corrected chi connectivity index (χ4v) is 3.03. The number of amidine groups is 1. The normalized spacial score (nSPS) is 22.4. The minimum absolute atomic E-state index is 0.183. The molecule has 0 atom stereocenters. The second-order valence-corrected chi connectivity index (χ2v) is 6.90. The highest BCUT2D eigenvalue weighted by molar-refractivity contribution is 5.86. The highest BCUT2D eigenvalue weighted by Crippen LogP contribution is 2.20. The molecule has 0 aliphatic carbocycles. The van der Waals surface area contributed by atoms with Crippen molar-refractivity contribution in [3.63, 3.8) is 0 Å². The highest BCUT2D eigenvalue weighted by atomic mass is 16.2. The average molecular weight is 295 g/mol. The molecule has 0 aromatic rings. The number of nitrogens with two attached hydrogens (primary N) is 1. The molecular formula is C15H29N5O. The van der Waals surface area contributed by atoms with Crippen LogP contribution in [0.3, 0.4) is 0 Å². The third-order valence-corrected chi connectivity index (χ3v) is 5.05. The van der Waals surface area contributed by atoms with Crippen molar-refractivity contribution in [2.24, 2.45) is 11.7 Å². The first kappa shape index (κ1) is 16.1. The minimum atomic E-state index is -0.421. The Balaban J connectivity index is 1.86. The van der Waals surface area contributed by atoms with Crippen LogP contribution in [0.1, 0.15) is 33.6 Å². The summed E-state index contributed by atoms with van der Waals surface area (Å²) in [5, 5.41) is 7.69. The van der Waals surface area contributed by atoms with E-state index in [2.05, 4.69) is 11.8 Å². The number of amides is 2. The van der Waals surface area contributed by atoms with Gasteiger partial charge in [-0.1, -0.05) is 6.92 Å². The average Bonchev–Trinajstić information content (AvgIpc) is 2.47. The number of carbonyl (C=O) groups is 1. The molecule has 0 aromatic heterocycles. The van der Waals surface area contributed by atoms with E-state index in [9.17, 15) is 4.79 Å². The third kappa shape index (κ3) is 3.48. The number of hydrogen-bond donors (Lipinski definition) is 2. The van der Waals surface area contributed by atoms with E-state index < -0.39 is 5.54 Å². The molecular weight excluding hydrogens is 266 g/mol. The predicted octanol–water partition coefficient (Wildman–Crippen LogP) is 1.17. The topological polar surface area (TPSA) is 76.7 Å². The Kier molecular flexibility index (Phi) is 4.76. The first-order valence-corrected chi connectivity index (χ1v) is 7.95. The Bertz CT molecular complexity index is 393. The molecule has 2 aliphatic rings. The zero-order valence-electron chi connectivity index (χ0n) is 13.6. The van der Waals surface area contributed by atoms with Gasteiger partial charge in [0.1, 0.15) is 5.84 Å². The fourth-order valence-electron chi connectivity index (χ4n) is 3.03. The molecule has 6 heteroatoms. The number of nitrogens with one attached hydrogen (secondary N) is 1. The van der Waals surface area contributed by atoms with E-state index in [1.165, 1.54) is 0 Å². The fraction of sp³-hybridized carbons (Fsp3) is 0.867. The van der Waals surface area contributed by atoms with Gasteiger partial charge in [-0.05, 0) is 32.6 Å². The van der Waals surface area contributed by atoms with Crippen LogP contribution in [-0.4, -0.2) is 71.4 Å². The number of carbonyl (C=O) groups excluding carboxylic acids is 1. The number of urea groups is 1. The zero-order chi connectivity index (χ0) is 15.6. The number of piperidine rings is 1. The lowest BCUT2D eigenvalue weighted by Gasteiger charge is -2.44. The summed E-state index contributed by atoms with van der Waals surface area (Å²) in [7, 11) is 0. The third-order valence-electron chi connectivity index (χ3n) is 5.05. The number of hydrogen-bond acceptors (Lipinski definition) is 3. The van der Waals surface area contributed by atoms with Crippen molar-refractivity contribution in [2.45, 2.75) is 39.2 Å². The van der Waals surface area contributed by atoms with Gasteiger partial charge in [-0.3, -0.25) is 10.3 Å². The van der Waals surface area contributed by atoms with Crippen molar-refractivity contribution in [1.82, 2.24) is 14.7 Å². The van der Waals surface area contributed by atoms with Crippen molar-refractivity contribution in [3.8, 4) is 0 Å². The maximum atomic E-state index is 12.5. The van der Waals surface area contributed by atoms with Crippen LogP contribution in [0.5, 0.6) is 0 Å². The van der Waals surface area contributed by atoms with E-state index in [-0.39, 0.29) is 11.9 Å². The molecule has 0 unspecified atom stereocenters. The summed E-state index contributed by atoms with van der Waals surface area (Å²) < 4.78 is 0. The molecule has 2 saturated heterocycles. The first-order chi connectivity index (χ1) is 9.82. The number of rotatable bonds is 2. The SMILES string of the molecule is CC1CCN(C(=O)N2CCN(C(C)(C)C(=N)N)CC2)CC1. The van der Waals surface area contributed by atoms with Crippen LogP contribution in [0.4, 0.5) is 4.79 Å². The maximum absolute atomic E-state index is 12.5. The van der Waals surface area contributed by atoms with Gasteiger partial charge in [0, 0.05) is 39.3 Å². The molecule has 120 valence electrons. The van der Waals surface area contributed by atoms with Crippen LogP contribution in [0.15, 0.2) is 0 Å². The minimum Gasteiger partial charge on any atom is -0.386 e. The largest absolute Gasteiger partial charge is 0.386 e. The van der Waals surface area contributed by atoms with Gasteiger partial charge in [-0.15, -0.1) is 0 Å². The first-order valence-electron chi connectivity index (χ1n) is 7.95. The predicted molar refractivity (Wildman–Crippen MR) is 84.5 cm³/mol. The van der Waals surface area contributed by atoms with Crippen molar-refractivity contribution in [2.75, 3.05) is 39.3 Å². The Labute approximate surface area is 127 Å². The Morgan fingerprint density at radius 1 is 1.05 bits per heavy atom. The van der Waals surface area contributed by atoms with E-state index in [1.54, 1.807) is 0 Å². The second kappa shape index (κ2) is 6.22. The number of likely N-dealkylation sites (tertiary alicyclic amines) is 1. The van der Waals surface area contributed by atoms with E-state index >= 15 is 0 Å². The van der Waals surface area contributed by atoms with Crippen LogP contribution in [0.25, 0.3) is 0 Å². The second-order valence-electron chi connectivity index (χ2n) is 6.90. The molecule has 2 rings (SSSR count). The van der Waals surface area contributed by atoms with Crippen LogP contribution in [0.2, 0.25) is 0 Å². The quantitative estimate of drug-likeness (QED) is 0.593. The van der Waals surface area contributed by atoms with Gasteiger partial charge in [0.05, 0.1) is 5.54 Å². The van der Waals surface area contributed by atoms with Crippen LogP contribution < -0.4 is 5.73 Å². The summed E-state index contributed by atoms with van der Waals surface area (Å²) in [6, 6.07) is 0.183. The molecule has 2 amide bonds. The van der Waals surface area contributed by atoms with Gasteiger partial charge in [0.25, 0.3) is 0 Å². The van der Waals surface area contributed by atoms with Gasteiger partial charge in [0.2, 0.25) is 0 Å². The van der Waals surface area contributed by atoms with Gasteiger partial charge in [-0.25, -0.2) is 4.79 Å². The van der Waals surface area contributed by atoms with Crippen molar-refractivity contribution >= 4 is 11.9 Å². The Morgan fingerprint density at radius 3 is 2.00 bits per heavy atom. The molecule has 6 nitrogen and oxygen atoms in total. The van der Waals surface area contributed by atoms with Crippen LogP contribution in [0, 0.1) is 11.3 Å². The monoisotopic (exact) mass is 295 g/mol. The van der Waals surface area contributed by atoms with Crippen molar-refractivity contribution < 1.29 is 4.79 Å². The Morgan fingerprint density at radius 2 is 1.52 bits per heavy atom. The summed E-state index contributed by atoms with van der Waals surface area (Å²) in [6.07, 6.45) is 2.23. The summed E-state index contributed by atoms with van der Waals surface area (Å²) in [5.41, 5.74) is 5.26. The zero-order valence-corrected chi connectivity index (χ0v) is 13.6. The lowest BCUT2D eigenvalue weighted by Crippen LogP contribution is -2.61. The lowest BCUT2D eigenvalue weighted by molar-refractivity contribution is 0.0768. The number of piperazine rings is 1. The van der Waals surface area contributed by atoms with E-state index in [0.29, 0.717) is 0 Å². The van der Waals surface area contributed by atoms with Crippen molar-refractivity contribution in [1.29, 1.82) is 5.41 Å².